The number of rotatable bonds is 11. The number of methoxy groups -OCH3 is 3. The van der Waals surface area contributed by atoms with Crippen LogP contribution in [0.5, 0.6) is 0 Å². The molecular formula is C56H88N4O13. The molecule has 4 fully saturated rings. The topological polar surface area (TPSA) is 215 Å². The van der Waals surface area contributed by atoms with E-state index in [1.165, 1.54) is 19.1 Å². The molecule has 3 saturated heterocycles. The van der Waals surface area contributed by atoms with Crippen molar-refractivity contribution in [2.45, 2.75) is 187 Å². The highest BCUT2D eigenvalue weighted by Gasteiger charge is 2.56. The molecule has 0 spiro atoms. The van der Waals surface area contributed by atoms with E-state index in [9.17, 15) is 39.3 Å². The van der Waals surface area contributed by atoms with Crippen molar-refractivity contribution < 1.29 is 63.0 Å². The highest BCUT2D eigenvalue weighted by Crippen LogP contribution is 2.39. The minimum Gasteiger partial charge on any atom is -0.456 e. The van der Waals surface area contributed by atoms with Crippen molar-refractivity contribution in [2.24, 2.45) is 29.6 Å². The molecule has 2 bridgehead atoms. The van der Waals surface area contributed by atoms with Crippen molar-refractivity contribution in [3.05, 3.63) is 53.4 Å². The quantitative estimate of drug-likeness (QED) is 0.140. The minimum atomic E-state index is -2.55. The number of ketones is 2. The summed E-state index contributed by atoms with van der Waals surface area (Å²) >= 11 is 0. The third-order valence-electron chi connectivity index (χ3n) is 16.2. The molecule has 5 aliphatic rings. The first-order valence-electron chi connectivity index (χ1n) is 26.6. The lowest BCUT2D eigenvalue weighted by molar-refractivity contribution is -0.302. The minimum absolute atomic E-state index is 0. The molecule has 0 radical (unpaired) electrons. The van der Waals surface area contributed by atoms with E-state index in [0.717, 1.165) is 30.9 Å². The molecule has 17 heteroatoms. The molecular weight excluding hydrogens is 937 g/mol. The number of amides is 2. The van der Waals surface area contributed by atoms with Crippen LogP contribution in [0, 0.1) is 29.6 Å². The largest absolute Gasteiger partial charge is 0.456 e. The molecule has 2 amide bonds. The Morgan fingerprint density at radius 3 is 2.25 bits per heavy atom. The van der Waals surface area contributed by atoms with Crippen molar-refractivity contribution in [1.29, 1.82) is 0 Å². The number of pyridine rings is 1. The molecule has 1 aromatic heterocycles. The lowest BCUT2D eigenvalue weighted by Crippen LogP contribution is -2.64. The number of carbonyl (C=O) groups is 5. The Balaban J connectivity index is 0.00000988. The number of esters is 1. The number of piperazine rings is 1. The molecule has 3 N–H and O–H groups in total. The average molecular weight is 1030 g/mol. The number of cyclic esters (lactones) is 1. The second-order valence-electron chi connectivity index (χ2n) is 21.6. The van der Waals surface area contributed by atoms with E-state index in [0.29, 0.717) is 76.5 Å². The van der Waals surface area contributed by atoms with Crippen molar-refractivity contribution in [2.75, 3.05) is 54.1 Å². The second-order valence-corrected chi connectivity index (χ2v) is 21.6. The van der Waals surface area contributed by atoms with Gasteiger partial charge in [-0.3, -0.25) is 29.1 Å². The molecule has 1 aromatic rings. The summed E-state index contributed by atoms with van der Waals surface area (Å²) in [6.07, 6.45) is 5.16. The number of aliphatic hydroxyl groups is 3. The number of aromatic nitrogens is 1. The smallest absolute Gasteiger partial charge is 0.329 e. The normalized spacial score (nSPS) is 36.0. The average Bonchev–Trinajstić information content (AvgIpc) is 3.37. The van der Waals surface area contributed by atoms with Gasteiger partial charge in [-0.15, -0.1) is 0 Å². The number of nitrogens with zero attached hydrogens (tertiary/aromatic N) is 4. The maximum atomic E-state index is 14.6. The number of carbonyl (C=O) groups excluding carboxylic acids is 5. The molecule has 4 aliphatic heterocycles. The zero-order chi connectivity index (χ0) is 52.3. The maximum absolute atomic E-state index is 14.6. The molecule has 0 unspecified atom stereocenters. The summed E-state index contributed by atoms with van der Waals surface area (Å²) in [5.74, 6) is -8.12. The van der Waals surface area contributed by atoms with Gasteiger partial charge in [0, 0.05) is 97.4 Å². The third kappa shape index (κ3) is 15.4. The van der Waals surface area contributed by atoms with Crippen LogP contribution in [0.1, 0.15) is 131 Å². The van der Waals surface area contributed by atoms with Gasteiger partial charge >= 0.3 is 5.97 Å². The van der Waals surface area contributed by atoms with Gasteiger partial charge in [-0.2, -0.15) is 0 Å². The van der Waals surface area contributed by atoms with Gasteiger partial charge in [0.2, 0.25) is 11.7 Å². The predicted molar refractivity (Wildman–Crippen MR) is 274 cm³/mol. The van der Waals surface area contributed by atoms with Crippen LogP contribution in [-0.2, 0) is 54.2 Å². The van der Waals surface area contributed by atoms with E-state index in [1.54, 1.807) is 27.2 Å². The van der Waals surface area contributed by atoms with Gasteiger partial charge < -0.3 is 48.8 Å². The van der Waals surface area contributed by atoms with Crippen LogP contribution in [0.15, 0.2) is 47.7 Å². The monoisotopic (exact) mass is 1020 g/mol. The number of piperidine rings is 1. The van der Waals surface area contributed by atoms with Gasteiger partial charge in [0.25, 0.3) is 11.7 Å². The van der Waals surface area contributed by atoms with E-state index in [2.05, 4.69) is 9.88 Å². The first-order chi connectivity index (χ1) is 34.4. The number of hydrogen-bond donors (Lipinski definition) is 3. The number of ether oxygens (including phenoxy) is 5. The van der Waals surface area contributed by atoms with Crippen molar-refractivity contribution in [1.82, 2.24) is 19.7 Å². The second kappa shape index (κ2) is 27.7. The molecule has 73 heavy (non-hydrogen) atoms. The Bertz CT molecular complexity index is 2050. The zero-order valence-corrected chi connectivity index (χ0v) is 44.1. The summed E-state index contributed by atoms with van der Waals surface area (Å²) in [6.45, 7) is 12.6. The fourth-order valence-corrected chi connectivity index (χ4v) is 11.8. The van der Waals surface area contributed by atoms with Crippen LogP contribution < -0.4 is 0 Å². The predicted octanol–water partition coefficient (Wildman–Crippen LogP) is 5.61. The Morgan fingerprint density at radius 1 is 0.877 bits per heavy atom. The number of fused-ring (bicyclic) bond motifs is 3. The summed E-state index contributed by atoms with van der Waals surface area (Å²) in [5.41, 5.74) is 2.54. The van der Waals surface area contributed by atoms with Crippen LogP contribution >= 0.6 is 0 Å². The summed E-state index contributed by atoms with van der Waals surface area (Å²) in [7, 11) is 4.61. The Hall–Kier alpha value is -3.94. The van der Waals surface area contributed by atoms with E-state index in [-0.39, 0.29) is 69.3 Å². The molecule has 410 valence electrons. The highest BCUT2D eigenvalue weighted by molar-refractivity contribution is 6.39. The molecule has 5 heterocycles. The van der Waals surface area contributed by atoms with Gasteiger partial charge in [0.15, 0.2) is 0 Å². The summed E-state index contributed by atoms with van der Waals surface area (Å²) < 4.78 is 30.2. The van der Waals surface area contributed by atoms with Gasteiger partial charge in [-0.25, -0.2) is 4.79 Å². The molecule has 14 atom stereocenters. The van der Waals surface area contributed by atoms with Gasteiger partial charge in [0.1, 0.15) is 24.0 Å². The summed E-state index contributed by atoms with van der Waals surface area (Å²) in [5, 5.41) is 34.8. The lowest BCUT2D eigenvalue weighted by atomic mass is 9.81. The summed E-state index contributed by atoms with van der Waals surface area (Å²) in [6, 6.07) is 4.69. The number of allylic oxidation sites excluding steroid dienone is 3. The van der Waals surface area contributed by atoms with Gasteiger partial charge in [0.05, 0.1) is 36.2 Å². The molecule has 1 aliphatic carbocycles. The number of hydrogen-bond acceptors (Lipinski definition) is 15. The van der Waals surface area contributed by atoms with Crippen LogP contribution in [0.4, 0.5) is 0 Å². The van der Waals surface area contributed by atoms with Gasteiger partial charge in [-0.1, -0.05) is 52.0 Å². The standard InChI is InChI=1S/C55H84N4O13.CH4/c1-34-26-35(2)28-47(69-7)51-48(70-8)30-37(4)55(67,72-51)52(64)53(65)59-21-12-10-16-42(59)54(66)71-50(36(3)29-39-18-19-43(60)46(31-39)68-6)38(5)44(61)32-45(62)40(27-34)14-13-17-49(63)58-24-22-57(23-25-58)33-41-15-9-11-20-56-41;/h9,11,15,20,27,29,35,37-40,42-44,46-48,50-51,60-61,67H,10,12-14,16-19,21-26,28,30-33H2,1-8H3;1H4/b34-27+,36-29+;/t35-,37+,38+,39-,40+,42-,43+,44-,46+,47-,48-,50+,51+,55+;/m0./s1. The molecule has 0 aromatic carbocycles. The molecule has 17 nitrogen and oxygen atoms in total. The van der Waals surface area contributed by atoms with Crippen LogP contribution in [-0.4, -0.2) is 173 Å². The van der Waals surface area contributed by atoms with Crippen LogP contribution in [0.25, 0.3) is 0 Å². The van der Waals surface area contributed by atoms with Crippen molar-refractivity contribution in [3.8, 4) is 0 Å². The first-order valence-corrected chi connectivity index (χ1v) is 26.6. The van der Waals surface area contributed by atoms with E-state index < -0.39 is 83.9 Å². The Morgan fingerprint density at radius 2 is 1.58 bits per heavy atom. The lowest BCUT2D eigenvalue weighted by Gasteiger charge is -2.47. The fraction of sp³-hybridized carbons (Fsp3) is 0.750. The molecule has 6 rings (SSSR count). The Kier molecular flexibility index (Phi) is 22.8. The Labute approximate surface area is 434 Å². The van der Waals surface area contributed by atoms with Crippen molar-refractivity contribution >= 4 is 29.4 Å². The zero-order valence-electron chi connectivity index (χ0n) is 44.1. The fourth-order valence-electron chi connectivity index (χ4n) is 11.8. The maximum Gasteiger partial charge on any atom is 0.329 e. The van der Waals surface area contributed by atoms with Crippen LogP contribution in [0.2, 0.25) is 0 Å². The van der Waals surface area contributed by atoms with Crippen LogP contribution in [0.3, 0.4) is 0 Å². The first kappa shape index (κ1) is 59.9. The van der Waals surface area contributed by atoms with E-state index in [4.69, 9.17) is 23.7 Å². The highest BCUT2D eigenvalue weighted by atomic mass is 16.7. The number of Topliss-reactive ketones (excluding diaryl/α,β-unsaturated/α-hetero) is 2. The van der Waals surface area contributed by atoms with E-state index in [1.807, 2.05) is 56.0 Å². The van der Waals surface area contributed by atoms with Crippen molar-refractivity contribution in [3.63, 3.8) is 0 Å². The molecule has 1 saturated carbocycles. The van der Waals surface area contributed by atoms with E-state index >= 15 is 0 Å². The third-order valence-corrected chi connectivity index (χ3v) is 16.2. The van der Waals surface area contributed by atoms with Gasteiger partial charge in [-0.05, 0) is 114 Å². The SMILES string of the molecule is C.CO[C@H]1C[C@@H](C)C/C(C)=C/[C@@H](CCCC(=O)N2CCN(Cc3ccccn3)CC2)C(=O)C[C@H](O)[C@@H](C)[C@@H](/C(C)=C/[C@@H]2CC[C@@H](O)[C@H](OC)C2)OC(=O)[C@@H]2CCCCN2C(=O)C(=O)[C@]2(O)O[C@H]1[C@@H](OC)C[C@H]2C. The summed E-state index contributed by atoms with van der Waals surface area (Å²) in [4.78, 5) is 81.4. The number of aliphatic hydroxyl groups excluding tert-OH is 2.